The van der Waals surface area contributed by atoms with E-state index in [9.17, 15) is 9.18 Å². The molecule has 0 aliphatic heterocycles. The molecule has 3 rings (SSSR count). The van der Waals surface area contributed by atoms with E-state index in [1.54, 1.807) is 6.07 Å². The summed E-state index contributed by atoms with van der Waals surface area (Å²) in [5.74, 6) is -0.307. The zero-order valence-corrected chi connectivity index (χ0v) is 12.6. The van der Waals surface area contributed by atoms with Crippen molar-refractivity contribution in [1.82, 2.24) is 14.5 Å². The molecule has 0 bridgehead atoms. The highest BCUT2D eigenvalue weighted by molar-refractivity contribution is 7.08. The first-order chi connectivity index (χ1) is 10.2. The lowest BCUT2D eigenvalue weighted by Gasteiger charge is -2.22. The van der Waals surface area contributed by atoms with Crippen molar-refractivity contribution in [3.8, 4) is 0 Å². The van der Waals surface area contributed by atoms with Gasteiger partial charge in [0, 0.05) is 12.6 Å². The van der Waals surface area contributed by atoms with Crippen LogP contribution in [0.1, 0.15) is 40.7 Å². The van der Waals surface area contributed by atoms with E-state index < -0.39 is 0 Å². The van der Waals surface area contributed by atoms with Crippen LogP contribution in [0.15, 0.2) is 24.3 Å². The molecule has 1 heterocycles. The van der Waals surface area contributed by atoms with Crippen LogP contribution in [0.2, 0.25) is 0 Å². The van der Waals surface area contributed by atoms with Crippen LogP contribution in [0, 0.1) is 5.82 Å². The summed E-state index contributed by atoms with van der Waals surface area (Å²) in [4.78, 5) is 15.2. The Balaban J connectivity index is 1.83. The Morgan fingerprint density at radius 1 is 1.48 bits per heavy atom. The van der Waals surface area contributed by atoms with Crippen LogP contribution in [0.5, 0.6) is 0 Å². The SMILES string of the molecule is CCc1nnsc1C(=O)N(Cc1cccc(F)c1)C1CC1. The number of rotatable bonds is 5. The van der Waals surface area contributed by atoms with Crippen molar-refractivity contribution in [2.24, 2.45) is 0 Å². The van der Waals surface area contributed by atoms with Crippen molar-refractivity contribution in [3.63, 3.8) is 0 Å². The molecule has 0 radical (unpaired) electrons. The summed E-state index contributed by atoms with van der Waals surface area (Å²) in [7, 11) is 0. The summed E-state index contributed by atoms with van der Waals surface area (Å²) >= 11 is 1.14. The van der Waals surface area contributed by atoms with E-state index in [-0.39, 0.29) is 17.8 Å². The van der Waals surface area contributed by atoms with Crippen molar-refractivity contribution in [3.05, 3.63) is 46.2 Å². The van der Waals surface area contributed by atoms with Crippen LogP contribution < -0.4 is 0 Å². The molecule has 1 amide bonds. The van der Waals surface area contributed by atoms with Crippen molar-refractivity contribution >= 4 is 17.4 Å². The van der Waals surface area contributed by atoms with Gasteiger partial charge in [0.05, 0.1) is 5.69 Å². The monoisotopic (exact) mass is 305 g/mol. The normalized spacial score (nSPS) is 14.2. The Bertz CT molecular complexity index is 654. The number of halogens is 1. The smallest absolute Gasteiger partial charge is 0.268 e. The minimum atomic E-state index is -0.274. The second-order valence-corrected chi connectivity index (χ2v) is 5.95. The Morgan fingerprint density at radius 3 is 2.95 bits per heavy atom. The molecule has 0 spiro atoms. The summed E-state index contributed by atoms with van der Waals surface area (Å²) < 4.78 is 17.2. The summed E-state index contributed by atoms with van der Waals surface area (Å²) in [6.45, 7) is 2.39. The number of aromatic nitrogens is 2. The lowest BCUT2D eigenvalue weighted by atomic mass is 10.2. The molecule has 1 aliphatic carbocycles. The maximum atomic E-state index is 13.3. The molecule has 1 aromatic heterocycles. The Kier molecular flexibility index (Phi) is 3.96. The molecule has 4 nitrogen and oxygen atoms in total. The highest BCUT2D eigenvalue weighted by Gasteiger charge is 2.34. The molecule has 1 aliphatic rings. The lowest BCUT2D eigenvalue weighted by molar-refractivity contribution is 0.0733. The van der Waals surface area contributed by atoms with Gasteiger partial charge in [-0.25, -0.2) is 4.39 Å². The second-order valence-electron chi connectivity index (χ2n) is 5.20. The van der Waals surface area contributed by atoms with Gasteiger partial charge in [-0.05, 0) is 48.5 Å². The third-order valence-corrected chi connectivity index (χ3v) is 4.33. The van der Waals surface area contributed by atoms with Crippen molar-refractivity contribution in [2.45, 2.75) is 38.8 Å². The van der Waals surface area contributed by atoms with E-state index in [1.807, 2.05) is 17.9 Å². The summed E-state index contributed by atoms with van der Waals surface area (Å²) in [5.41, 5.74) is 1.56. The average molecular weight is 305 g/mol. The standard InChI is InChI=1S/C15H16FN3OS/c1-2-13-14(21-18-17-13)15(20)19(12-6-7-12)9-10-4-3-5-11(16)8-10/h3-5,8,12H,2,6-7,9H2,1H3. The molecule has 110 valence electrons. The fourth-order valence-electron chi connectivity index (χ4n) is 2.32. The predicted octanol–water partition coefficient (Wildman–Crippen LogP) is 3.04. The highest BCUT2D eigenvalue weighted by Crippen LogP contribution is 2.31. The summed E-state index contributed by atoms with van der Waals surface area (Å²) in [6.07, 6.45) is 2.71. The van der Waals surface area contributed by atoms with Gasteiger partial charge in [-0.2, -0.15) is 0 Å². The van der Waals surface area contributed by atoms with E-state index in [1.165, 1.54) is 12.1 Å². The number of amides is 1. The zero-order chi connectivity index (χ0) is 14.8. The van der Waals surface area contributed by atoms with Gasteiger partial charge in [0.2, 0.25) is 0 Å². The molecule has 2 aromatic rings. The Labute approximate surface area is 126 Å². The number of hydrogen-bond donors (Lipinski definition) is 0. The van der Waals surface area contributed by atoms with E-state index in [2.05, 4.69) is 9.59 Å². The first-order valence-electron chi connectivity index (χ1n) is 7.05. The van der Waals surface area contributed by atoms with Crippen molar-refractivity contribution in [2.75, 3.05) is 0 Å². The Morgan fingerprint density at radius 2 is 2.29 bits per heavy atom. The molecule has 1 aromatic carbocycles. The number of carbonyl (C=O) groups is 1. The topological polar surface area (TPSA) is 46.1 Å². The molecule has 0 N–H and O–H groups in total. The lowest BCUT2D eigenvalue weighted by Crippen LogP contribution is -2.32. The molecule has 6 heteroatoms. The number of hydrogen-bond acceptors (Lipinski definition) is 4. The van der Waals surface area contributed by atoms with Crippen molar-refractivity contribution < 1.29 is 9.18 Å². The first-order valence-corrected chi connectivity index (χ1v) is 7.83. The van der Waals surface area contributed by atoms with Gasteiger partial charge in [-0.1, -0.05) is 23.5 Å². The van der Waals surface area contributed by atoms with Crippen LogP contribution in [0.25, 0.3) is 0 Å². The Hall–Kier alpha value is -1.82. The maximum absolute atomic E-state index is 13.3. The largest absolute Gasteiger partial charge is 0.331 e. The number of carbonyl (C=O) groups excluding carboxylic acids is 1. The van der Waals surface area contributed by atoms with Crippen LogP contribution in [0.4, 0.5) is 4.39 Å². The number of aryl methyl sites for hydroxylation is 1. The highest BCUT2D eigenvalue weighted by atomic mass is 32.1. The van der Waals surface area contributed by atoms with E-state index in [0.717, 1.165) is 35.6 Å². The molecule has 0 atom stereocenters. The average Bonchev–Trinajstić information content (AvgIpc) is 3.20. The summed E-state index contributed by atoms with van der Waals surface area (Å²) in [6, 6.07) is 6.67. The van der Waals surface area contributed by atoms with Crippen molar-refractivity contribution in [1.29, 1.82) is 0 Å². The van der Waals surface area contributed by atoms with Gasteiger partial charge in [0.15, 0.2) is 0 Å². The molecule has 0 saturated heterocycles. The van der Waals surface area contributed by atoms with Gasteiger partial charge < -0.3 is 4.90 Å². The first kappa shape index (κ1) is 14.1. The van der Waals surface area contributed by atoms with Gasteiger partial charge >= 0.3 is 0 Å². The van der Waals surface area contributed by atoms with E-state index in [4.69, 9.17) is 0 Å². The molecular weight excluding hydrogens is 289 g/mol. The third-order valence-electron chi connectivity index (χ3n) is 3.58. The van der Waals surface area contributed by atoms with Gasteiger partial charge in [0.25, 0.3) is 5.91 Å². The zero-order valence-electron chi connectivity index (χ0n) is 11.8. The second kappa shape index (κ2) is 5.89. The maximum Gasteiger partial charge on any atom is 0.268 e. The fraction of sp³-hybridized carbons (Fsp3) is 0.400. The number of benzene rings is 1. The van der Waals surface area contributed by atoms with E-state index in [0.29, 0.717) is 17.8 Å². The van der Waals surface area contributed by atoms with Gasteiger partial charge in [0.1, 0.15) is 10.7 Å². The molecular formula is C15H16FN3OS. The number of nitrogens with zero attached hydrogens (tertiary/aromatic N) is 3. The quantitative estimate of drug-likeness (QED) is 0.853. The minimum Gasteiger partial charge on any atom is -0.331 e. The molecule has 21 heavy (non-hydrogen) atoms. The van der Waals surface area contributed by atoms with Crippen LogP contribution in [-0.2, 0) is 13.0 Å². The van der Waals surface area contributed by atoms with Gasteiger partial charge in [-0.15, -0.1) is 5.10 Å². The molecule has 1 fully saturated rings. The van der Waals surface area contributed by atoms with E-state index >= 15 is 0 Å². The molecule has 0 unspecified atom stereocenters. The fourth-order valence-corrected chi connectivity index (χ4v) is 3.02. The molecule has 1 saturated carbocycles. The minimum absolute atomic E-state index is 0.0337. The van der Waals surface area contributed by atoms with Crippen LogP contribution in [0.3, 0.4) is 0 Å². The summed E-state index contributed by atoms with van der Waals surface area (Å²) in [5, 5.41) is 4.00. The van der Waals surface area contributed by atoms with Crippen LogP contribution >= 0.6 is 11.5 Å². The van der Waals surface area contributed by atoms with Crippen LogP contribution in [-0.4, -0.2) is 26.4 Å². The third kappa shape index (κ3) is 3.10. The van der Waals surface area contributed by atoms with Gasteiger partial charge in [-0.3, -0.25) is 4.79 Å². The predicted molar refractivity (Wildman–Crippen MR) is 78.6 cm³/mol.